The summed E-state index contributed by atoms with van der Waals surface area (Å²) in [6.07, 6.45) is 10.2. The molecule has 5 nitrogen and oxygen atoms in total. The number of hydrogen-bond donors (Lipinski definition) is 2. The molecular formula is C17H28N4O. The first-order valence-electron chi connectivity index (χ1n) is 8.60. The van der Waals surface area contributed by atoms with Crippen LogP contribution >= 0.6 is 0 Å². The van der Waals surface area contributed by atoms with E-state index in [1.54, 1.807) is 0 Å². The molecule has 2 heterocycles. The summed E-state index contributed by atoms with van der Waals surface area (Å²) >= 11 is 0. The fourth-order valence-electron chi connectivity index (χ4n) is 4.12. The number of nitrogens with one attached hydrogen (secondary N) is 2. The molecule has 0 spiro atoms. The molecule has 1 aromatic heterocycles. The van der Waals surface area contributed by atoms with Gasteiger partial charge < -0.3 is 10.6 Å². The second-order valence-electron chi connectivity index (χ2n) is 7.10. The summed E-state index contributed by atoms with van der Waals surface area (Å²) < 4.78 is 1.81. The minimum Gasteiger partial charge on any atom is -0.355 e. The average Bonchev–Trinajstić information content (AvgIpc) is 3.25. The van der Waals surface area contributed by atoms with Gasteiger partial charge in [0.05, 0.1) is 12.1 Å². The highest BCUT2D eigenvalue weighted by atomic mass is 16.1. The fourth-order valence-corrected chi connectivity index (χ4v) is 4.12. The number of hydrogen-bond acceptors (Lipinski definition) is 3. The highest BCUT2D eigenvalue weighted by Gasteiger charge is 2.37. The van der Waals surface area contributed by atoms with Crippen molar-refractivity contribution >= 4 is 5.91 Å². The van der Waals surface area contributed by atoms with Crippen molar-refractivity contribution in [3.63, 3.8) is 0 Å². The van der Waals surface area contributed by atoms with Crippen molar-refractivity contribution in [2.75, 3.05) is 19.6 Å². The van der Waals surface area contributed by atoms with Crippen LogP contribution in [0.3, 0.4) is 0 Å². The maximum absolute atomic E-state index is 12.7. The van der Waals surface area contributed by atoms with Crippen LogP contribution < -0.4 is 10.6 Å². The Bertz CT molecular complexity index is 518. The molecule has 1 saturated carbocycles. The lowest BCUT2D eigenvalue weighted by molar-refractivity contribution is -0.125. The number of nitrogens with zero attached hydrogens (tertiary/aromatic N) is 2. The predicted octanol–water partition coefficient (Wildman–Crippen LogP) is 1.81. The number of amides is 1. The van der Waals surface area contributed by atoms with Gasteiger partial charge >= 0.3 is 0 Å². The fraction of sp³-hybridized carbons (Fsp3) is 0.765. The lowest BCUT2D eigenvalue weighted by Crippen LogP contribution is -2.40. The number of rotatable bonds is 5. The summed E-state index contributed by atoms with van der Waals surface area (Å²) in [5.41, 5.74) is 1.52. The van der Waals surface area contributed by atoms with Crippen LogP contribution in [0.5, 0.6) is 0 Å². The van der Waals surface area contributed by atoms with Gasteiger partial charge in [-0.25, -0.2) is 0 Å². The van der Waals surface area contributed by atoms with Crippen molar-refractivity contribution in [3.05, 3.63) is 18.0 Å². The predicted molar refractivity (Wildman–Crippen MR) is 86.5 cm³/mol. The third kappa shape index (κ3) is 3.05. The maximum atomic E-state index is 12.7. The first-order chi connectivity index (χ1) is 10.6. The minimum absolute atomic E-state index is 0.0273. The van der Waals surface area contributed by atoms with E-state index in [4.69, 9.17) is 0 Å². The molecule has 1 aliphatic heterocycles. The van der Waals surface area contributed by atoms with Crippen molar-refractivity contribution in [2.45, 2.75) is 44.9 Å². The van der Waals surface area contributed by atoms with Crippen molar-refractivity contribution in [1.82, 2.24) is 20.4 Å². The van der Waals surface area contributed by atoms with Gasteiger partial charge in [-0.3, -0.25) is 9.48 Å². The normalized spacial score (nSPS) is 27.2. The summed E-state index contributed by atoms with van der Waals surface area (Å²) in [5.74, 6) is 0.480. The van der Waals surface area contributed by atoms with Gasteiger partial charge in [0.1, 0.15) is 0 Å². The molecule has 1 amide bonds. The highest BCUT2D eigenvalue weighted by molar-refractivity contribution is 5.80. The monoisotopic (exact) mass is 304 g/mol. The zero-order chi connectivity index (χ0) is 15.6. The largest absolute Gasteiger partial charge is 0.355 e. The molecule has 2 aliphatic rings. The molecule has 0 unspecified atom stereocenters. The van der Waals surface area contributed by atoms with E-state index in [0.29, 0.717) is 5.41 Å². The molecule has 2 N–H and O–H groups in total. The Hall–Kier alpha value is -1.36. The van der Waals surface area contributed by atoms with Gasteiger partial charge in [0.2, 0.25) is 5.91 Å². The van der Waals surface area contributed by atoms with Crippen molar-refractivity contribution in [3.8, 4) is 0 Å². The van der Waals surface area contributed by atoms with Gasteiger partial charge in [0.25, 0.3) is 0 Å². The quantitative estimate of drug-likeness (QED) is 0.872. The van der Waals surface area contributed by atoms with E-state index in [2.05, 4.69) is 22.7 Å². The molecule has 1 saturated heterocycles. The lowest BCUT2D eigenvalue weighted by Gasteiger charge is -2.29. The molecule has 1 aromatic rings. The Balaban J connectivity index is 1.61. The van der Waals surface area contributed by atoms with Gasteiger partial charge in [0.15, 0.2) is 0 Å². The van der Waals surface area contributed by atoms with E-state index in [-0.39, 0.29) is 17.7 Å². The van der Waals surface area contributed by atoms with Crippen LogP contribution in [-0.4, -0.2) is 35.3 Å². The third-order valence-electron chi connectivity index (χ3n) is 5.76. The Kier molecular flexibility index (Phi) is 4.52. The second kappa shape index (κ2) is 6.41. The van der Waals surface area contributed by atoms with Crippen molar-refractivity contribution in [1.29, 1.82) is 0 Å². The van der Waals surface area contributed by atoms with Crippen molar-refractivity contribution < 1.29 is 4.79 Å². The second-order valence-corrected chi connectivity index (χ2v) is 7.10. The number of carbonyl (C=O) groups is 1. The molecule has 2 fully saturated rings. The highest BCUT2D eigenvalue weighted by Crippen LogP contribution is 2.40. The molecule has 5 heteroatoms. The van der Waals surface area contributed by atoms with Crippen LogP contribution in [0, 0.1) is 11.3 Å². The molecule has 2 atom stereocenters. The smallest absolute Gasteiger partial charge is 0.225 e. The third-order valence-corrected chi connectivity index (χ3v) is 5.76. The van der Waals surface area contributed by atoms with Crippen molar-refractivity contribution in [2.24, 2.45) is 18.4 Å². The van der Waals surface area contributed by atoms with Gasteiger partial charge in [0, 0.05) is 38.8 Å². The van der Waals surface area contributed by atoms with Crippen LogP contribution in [0.15, 0.2) is 12.4 Å². The molecule has 0 bridgehead atoms. The zero-order valence-electron chi connectivity index (χ0n) is 13.8. The Morgan fingerprint density at radius 1 is 1.45 bits per heavy atom. The van der Waals surface area contributed by atoms with Gasteiger partial charge in [-0.1, -0.05) is 19.8 Å². The van der Waals surface area contributed by atoms with Gasteiger partial charge in [-0.2, -0.15) is 5.10 Å². The summed E-state index contributed by atoms with van der Waals surface area (Å²) in [5, 5.41) is 10.9. The van der Waals surface area contributed by atoms with Gasteiger partial charge in [-0.05, 0) is 30.2 Å². The molecule has 0 radical (unpaired) electrons. The summed E-state index contributed by atoms with van der Waals surface area (Å²) in [7, 11) is 1.92. The Labute approximate surface area is 132 Å². The summed E-state index contributed by atoms with van der Waals surface area (Å²) in [4.78, 5) is 12.7. The van der Waals surface area contributed by atoms with Crippen LogP contribution in [0.4, 0.5) is 0 Å². The van der Waals surface area contributed by atoms with Crippen LogP contribution in [-0.2, 0) is 11.8 Å². The zero-order valence-corrected chi connectivity index (χ0v) is 13.8. The summed E-state index contributed by atoms with van der Waals surface area (Å²) in [6, 6.07) is 0. The first-order valence-corrected chi connectivity index (χ1v) is 8.60. The molecular weight excluding hydrogens is 276 g/mol. The van der Waals surface area contributed by atoms with E-state index < -0.39 is 0 Å². The van der Waals surface area contributed by atoms with E-state index in [0.717, 1.165) is 19.6 Å². The Morgan fingerprint density at radius 2 is 2.23 bits per heavy atom. The lowest BCUT2D eigenvalue weighted by atomic mass is 9.83. The standard InChI is InChI=1S/C17H28N4O/c1-3-17(6-4-5-7-17)12-19-16(22)15-10-18-9-14(15)13-8-20-21(2)11-13/h8,11,14-15,18H,3-7,9-10,12H2,1-2H3,(H,19,22)/t14-,15+/m1/s1. The first kappa shape index (κ1) is 15.5. The molecule has 1 aliphatic carbocycles. The SMILES string of the molecule is CCC1(CNC(=O)[C@H]2CNC[C@@H]2c2cnn(C)c2)CCCC1. The van der Waals surface area contributed by atoms with E-state index in [9.17, 15) is 4.79 Å². The topological polar surface area (TPSA) is 59.0 Å². The van der Waals surface area contributed by atoms with Crippen LogP contribution in [0.2, 0.25) is 0 Å². The van der Waals surface area contributed by atoms with Gasteiger partial charge in [-0.15, -0.1) is 0 Å². The average molecular weight is 304 g/mol. The molecule has 122 valence electrons. The number of aromatic nitrogens is 2. The molecule has 0 aromatic carbocycles. The van der Waals surface area contributed by atoms with Crippen LogP contribution in [0.1, 0.15) is 50.5 Å². The molecule has 3 rings (SSSR count). The number of aryl methyl sites for hydroxylation is 1. The Morgan fingerprint density at radius 3 is 2.86 bits per heavy atom. The van der Waals surface area contributed by atoms with E-state index in [1.165, 1.54) is 37.7 Å². The van der Waals surface area contributed by atoms with Crippen LogP contribution in [0.25, 0.3) is 0 Å². The maximum Gasteiger partial charge on any atom is 0.225 e. The van der Waals surface area contributed by atoms with E-state index >= 15 is 0 Å². The summed E-state index contributed by atoms with van der Waals surface area (Å²) in [6.45, 7) is 4.73. The minimum atomic E-state index is 0.0273. The van der Waals surface area contributed by atoms with E-state index in [1.807, 2.05) is 24.1 Å². The molecule has 22 heavy (non-hydrogen) atoms. The number of carbonyl (C=O) groups excluding carboxylic acids is 1.